The lowest BCUT2D eigenvalue weighted by atomic mass is 9.96. The number of aromatic nitrogens is 1. The summed E-state index contributed by atoms with van der Waals surface area (Å²) in [6, 6.07) is 0.556. The number of carbonyl (C=O) groups is 1. The second-order valence-corrected chi connectivity index (χ2v) is 5.46. The summed E-state index contributed by atoms with van der Waals surface area (Å²) in [5.74, 6) is -0.202. The van der Waals surface area contributed by atoms with Gasteiger partial charge in [0.1, 0.15) is 0 Å². The second-order valence-electron chi connectivity index (χ2n) is 4.61. The van der Waals surface area contributed by atoms with E-state index in [1.807, 2.05) is 12.3 Å². The van der Waals surface area contributed by atoms with Gasteiger partial charge in [0.25, 0.3) is 0 Å². The van der Waals surface area contributed by atoms with E-state index in [4.69, 9.17) is 4.74 Å². The molecule has 0 aliphatic heterocycles. The van der Waals surface area contributed by atoms with Crippen LogP contribution in [0, 0.1) is 0 Å². The zero-order valence-electron chi connectivity index (χ0n) is 10.8. The smallest absolute Gasteiger partial charge is 0.311 e. The maximum atomic E-state index is 11.3. The molecule has 100 valence electrons. The first-order valence-corrected chi connectivity index (χ1v) is 7.52. The topological polar surface area (TPSA) is 51.2 Å². The standard InChI is InChI=1S/C13H20N2O2S/c1-2-17-12(16)8-11-9-18-13(15-11)14-10-6-4-3-5-7-10/h9-10H,2-8H2,1H3,(H,14,15). The van der Waals surface area contributed by atoms with E-state index in [1.165, 1.54) is 32.1 Å². The van der Waals surface area contributed by atoms with E-state index in [9.17, 15) is 4.79 Å². The van der Waals surface area contributed by atoms with Gasteiger partial charge in [-0.05, 0) is 19.8 Å². The molecule has 1 N–H and O–H groups in total. The van der Waals surface area contributed by atoms with Gasteiger partial charge >= 0.3 is 5.97 Å². The summed E-state index contributed by atoms with van der Waals surface area (Å²) in [5.41, 5.74) is 0.803. The van der Waals surface area contributed by atoms with E-state index < -0.39 is 0 Å². The molecule has 1 fully saturated rings. The summed E-state index contributed by atoms with van der Waals surface area (Å²) in [6.45, 7) is 2.24. The van der Waals surface area contributed by atoms with Crippen LogP contribution in [-0.2, 0) is 16.0 Å². The number of ether oxygens (including phenoxy) is 1. The molecule has 0 amide bonds. The second kappa shape index (κ2) is 6.73. The molecule has 0 unspecified atom stereocenters. The molecule has 0 spiro atoms. The van der Waals surface area contributed by atoms with Gasteiger partial charge in [0.2, 0.25) is 0 Å². The maximum absolute atomic E-state index is 11.3. The summed E-state index contributed by atoms with van der Waals surface area (Å²) >= 11 is 1.57. The Bertz CT molecular complexity index is 386. The molecular formula is C13H20N2O2S. The molecule has 18 heavy (non-hydrogen) atoms. The summed E-state index contributed by atoms with van der Waals surface area (Å²) < 4.78 is 4.91. The van der Waals surface area contributed by atoms with Crippen LogP contribution in [0.15, 0.2) is 5.38 Å². The van der Waals surface area contributed by atoms with E-state index in [0.717, 1.165) is 10.8 Å². The third-order valence-electron chi connectivity index (χ3n) is 3.12. The fourth-order valence-corrected chi connectivity index (χ4v) is 3.02. The Kier molecular flexibility index (Phi) is 4.99. The Morgan fingerprint density at radius 1 is 1.50 bits per heavy atom. The number of carbonyl (C=O) groups excluding carboxylic acids is 1. The summed E-state index contributed by atoms with van der Waals surface area (Å²) in [6.07, 6.45) is 6.69. The zero-order chi connectivity index (χ0) is 12.8. The van der Waals surface area contributed by atoms with Gasteiger partial charge in [-0.1, -0.05) is 19.3 Å². The number of hydrogen-bond donors (Lipinski definition) is 1. The Morgan fingerprint density at radius 3 is 3.00 bits per heavy atom. The highest BCUT2D eigenvalue weighted by Gasteiger charge is 2.15. The molecular weight excluding hydrogens is 248 g/mol. The van der Waals surface area contributed by atoms with Gasteiger partial charge in [-0.3, -0.25) is 4.79 Å². The largest absolute Gasteiger partial charge is 0.466 e. The third kappa shape index (κ3) is 3.98. The van der Waals surface area contributed by atoms with E-state index in [-0.39, 0.29) is 12.4 Å². The van der Waals surface area contributed by atoms with Gasteiger partial charge in [0.15, 0.2) is 5.13 Å². The highest BCUT2D eigenvalue weighted by atomic mass is 32.1. The lowest BCUT2D eigenvalue weighted by molar-refractivity contribution is -0.142. The van der Waals surface area contributed by atoms with Crippen LogP contribution >= 0.6 is 11.3 Å². The Labute approximate surface area is 112 Å². The highest BCUT2D eigenvalue weighted by Crippen LogP contribution is 2.23. The fourth-order valence-electron chi connectivity index (χ4n) is 2.24. The minimum Gasteiger partial charge on any atom is -0.466 e. The third-order valence-corrected chi connectivity index (χ3v) is 3.94. The maximum Gasteiger partial charge on any atom is 0.311 e. The first kappa shape index (κ1) is 13.3. The molecule has 1 heterocycles. The van der Waals surface area contributed by atoms with Crippen LogP contribution in [-0.4, -0.2) is 23.6 Å². The van der Waals surface area contributed by atoms with Gasteiger partial charge < -0.3 is 10.1 Å². The average Bonchev–Trinajstić information content (AvgIpc) is 2.78. The molecule has 0 saturated heterocycles. The molecule has 1 saturated carbocycles. The molecule has 0 atom stereocenters. The van der Waals surface area contributed by atoms with Crippen molar-refractivity contribution in [2.75, 3.05) is 11.9 Å². The summed E-state index contributed by atoms with van der Waals surface area (Å²) in [7, 11) is 0. The van der Waals surface area contributed by atoms with E-state index in [0.29, 0.717) is 12.6 Å². The van der Waals surface area contributed by atoms with Crippen molar-refractivity contribution >= 4 is 22.4 Å². The number of esters is 1. The number of rotatable bonds is 5. The van der Waals surface area contributed by atoms with Crippen LogP contribution in [0.3, 0.4) is 0 Å². The lowest BCUT2D eigenvalue weighted by Gasteiger charge is -2.22. The predicted molar refractivity (Wildman–Crippen MR) is 72.9 cm³/mol. The normalized spacial score (nSPS) is 16.5. The van der Waals surface area contributed by atoms with Crippen molar-refractivity contribution in [3.8, 4) is 0 Å². The Balaban J connectivity index is 1.83. The molecule has 5 heteroatoms. The van der Waals surface area contributed by atoms with E-state index in [1.54, 1.807) is 11.3 Å². The van der Waals surface area contributed by atoms with Gasteiger partial charge in [0, 0.05) is 11.4 Å². The van der Waals surface area contributed by atoms with Crippen LogP contribution in [0.4, 0.5) is 5.13 Å². The summed E-state index contributed by atoms with van der Waals surface area (Å²) in [4.78, 5) is 15.8. The first-order chi connectivity index (χ1) is 8.78. The van der Waals surface area contributed by atoms with E-state index in [2.05, 4.69) is 10.3 Å². The molecule has 0 aromatic carbocycles. The van der Waals surface area contributed by atoms with Gasteiger partial charge in [-0.25, -0.2) is 4.98 Å². The van der Waals surface area contributed by atoms with Gasteiger partial charge in [-0.15, -0.1) is 11.3 Å². The zero-order valence-corrected chi connectivity index (χ0v) is 11.6. The van der Waals surface area contributed by atoms with Crippen molar-refractivity contribution in [1.29, 1.82) is 0 Å². The van der Waals surface area contributed by atoms with Crippen LogP contribution in [0.5, 0.6) is 0 Å². The number of anilines is 1. The first-order valence-electron chi connectivity index (χ1n) is 6.64. The quantitative estimate of drug-likeness (QED) is 0.834. The minimum atomic E-state index is -0.202. The van der Waals surface area contributed by atoms with Crippen molar-refractivity contribution < 1.29 is 9.53 Å². The number of thiazole rings is 1. The molecule has 1 aliphatic carbocycles. The molecule has 0 bridgehead atoms. The molecule has 1 aliphatic rings. The SMILES string of the molecule is CCOC(=O)Cc1csc(NC2CCCCC2)n1. The van der Waals surface area contributed by atoms with Crippen LogP contribution in [0.2, 0.25) is 0 Å². The molecule has 4 nitrogen and oxygen atoms in total. The Hall–Kier alpha value is -1.10. The lowest BCUT2D eigenvalue weighted by Crippen LogP contribution is -2.22. The monoisotopic (exact) mass is 268 g/mol. The minimum absolute atomic E-state index is 0.202. The number of nitrogens with zero attached hydrogens (tertiary/aromatic N) is 1. The van der Waals surface area contributed by atoms with Crippen molar-refractivity contribution in [2.24, 2.45) is 0 Å². The van der Waals surface area contributed by atoms with Crippen LogP contribution < -0.4 is 5.32 Å². The van der Waals surface area contributed by atoms with Crippen molar-refractivity contribution in [2.45, 2.75) is 51.5 Å². The average molecular weight is 268 g/mol. The predicted octanol–water partition coefficient (Wildman–Crippen LogP) is 2.99. The number of nitrogens with one attached hydrogen (secondary N) is 1. The number of hydrogen-bond acceptors (Lipinski definition) is 5. The molecule has 2 rings (SSSR count). The molecule has 1 aromatic rings. The van der Waals surface area contributed by atoms with Crippen LogP contribution in [0.25, 0.3) is 0 Å². The molecule has 1 aromatic heterocycles. The van der Waals surface area contributed by atoms with E-state index >= 15 is 0 Å². The Morgan fingerprint density at radius 2 is 2.28 bits per heavy atom. The highest BCUT2D eigenvalue weighted by molar-refractivity contribution is 7.13. The summed E-state index contributed by atoms with van der Waals surface area (Å²) in [5, 5.41) is 6.33. The van der Waals surface area contributed by atoms with Crippen molar-refractivity contribution in [3.05, 3.63) is 11.1 Å². The molecule has 0 radical (unpaired) electrons. The fraction of sp³-hybridized carbons (Fsp3) is 0.692. The van der Waals surface area contributed by atoms with Crippen molar-refractivity contribution in [1.82, 2.24) is 4.98 Å². The van der Waals surface area contributed by atoms with Crippen molar-refractivity contribution in [3.63, 3.8) is 0 Å². The van der Waals surface area contributed by atoms with Crippen LogP contribution in [0.1, 0.15) is 44.7 Å². The van der Waals surface area contributed by atoms with Gasteiger partial charge in [0.05, 0.1) is 18.7 Å². The van der Waals surface area contributed by atoms with Gasteiger partial charge in [-0.2, -0.15) is 0 Å².